The molecule has 15 heavy (non-hydrogen) atoms. The Morgan fingerprint density at radius 2 is 2.13 bits per heavy atom. The molecule has 0 atom stereocenters. The van der Waals surface area contributed by atoms with Crippen LogP contribution >= 0.6 is 0 Å². The van der Waals surface area contributed by atoms with Crippen molar-refractivity contribution in [2.45, 2.75) is 6.54 Å². The maximum Gasteiger partial charge on any atom is 0.442 e. The molecule has 5 heteroatoms. The van der Waals surface area contributed by atoms with Crippen LogP contribution in [0.15, 0.2) is 39.6 Å². The van der Waals surface area contributed by atoms with Crippen molar-refractivity contribution in [1.82, 2.24) is 9.72 Å². The fourth-order valence-corrected chi connectivity index (χ4v) is 1.27. The molecule has 2 rings (SSSR count). The fourth-order valence-electron chi connectivity index (χ4n) is 1.27. The third kappa shape index (κ3) is 1.65. The van der Waals surface area contributed by atoms with Crippen molar-refractivity contribution in [1.29, 1.82) is 5.26 Å². The Morgan fingerprint density at radius 1 is 1.40 bits per heavy atom. The summed E-state index contributed by atoms with van der Waals surface area (Å²) < 4.78 is 5.70. The predicted octanol–water partition coefficient (Wildman–Crippen LogP) is 1.03. The van der Waals surface area contributed by atoms with Crippen LogP contribution in [0.4, 0.5) is 0 Å². The molecule has 0 bridgehead atoms. The minimum Gasteiger partial charge on any atom is -0.295 e. The highest BCUT2D eigenvalue weighted by Crippen LogP contribution is 2.14. The molecule has 5 nitrogen and oxygen atoms in total. The Morgan fingerprint density at radius 3 is 2.80 bits per heavy atom. The Hall–Kier alpha value is -2.35. The molecule has 1 aromatic carbocycles. The maximum absolute atomic E-state index is 11.2. The molecule has 1 heterocycles. The van der Waals surface area contributed by atoms with E-state index in [1.807, 2.05) is 24.3 Å². The van der Waals surface area contributed by atoms with Gasteiger partial charge in [-0.05, 0) is 0 Å². The van der Waals surface area contributed by atoms with Gasteiger partial charge >= 0.3 is 5.76 Å². The number of nitrogens with zero attached hydrogens (tertiary/aromatic N) is 3. The van der Waals surface area contributed by atoms with Gasteiger partial charge in [-0.1, -0.05) is 35.5 Å². The van der Waals surface area contributed by atoms with E-state index >= 15 is 0 Å². The zero-order valence-electron chi connectivity index (χ0n) is 7.75. The minimum atomic E-state index is -0.615. The van der Waals surface area contributed by atoms with E-state index in [4.69, 9.17) is 5.26 Å². The highest BCUT2D eigenvalue weighted by Gasteiger charge is 2.11. The lowest BCUT2D eigenvalue weighted by Crippen LogP contribution is -2.14. The molecular weight excluding hydrogens is 194 g/mol. The van der Waals surface area contributed by atoms with Crippen LogP contribution in [0, 0.1) is 11.3 Å². The first-order valence-electron chi connectivity index (χ1n) is 4.32. The second kappa shape index (κ2) is 3.80. The molecule has 0 saturated heterocycles. The smallest absolute Gasteiger partial charge is 0.295 e. The van der Waals surface area contributed by atoms with Gasteiger partial charge in [0, 0.05) is 5.56 Å². The topological polar surface area (TPSA) is 71.8 Å². The van der Waals surface area contributed by atoms with Crippen molar-refractivity contribution in [3.8, 4) is 17.5 Å². The standard InChI is InChI=1S/C10H7N3O2/c11-6-7-13-9(12-15-10(13)14)8-4-2-1-3-5-8/h1-5H,7H2. The summed E-state index contributed by atoms with van der Waals surface area (Å²) in [5, 5.41) is 12.2. The van der Waals surface area contributed by atoms with Crippen LogP contribution < -0.4 is 5.76 Å². The van der Waals surface area contributed by atoms with E-state index in [9.17, 15) is 4.79 Å². The van der Waals surface area contributed by atoms with Crippen molar-refractivity contribution in [3.63, 3.8) is 0 Å². The molecule has 0 N–H and O–H groups in total. The summed E-state index contributed by atoms with van der Waals surface area (Å²) in [6.07, 6.45) is 0. The molecule has 74 valence electrons. The molecule has 0 aliphatic heterocycles. The lowest BCUT2D eigenvalue weighted by molar-refractivity contribution is 0.379. The van der Waals surface area contributed by atoms with Gasteiger partial charge in [-0.2, -0.15) is 5.26 Å². The molecule has 0 fully saturated rings. The van der Waals surface area contributed by atoms with E-state index in [0.29, 0.717) is 5.82 Å². The maximum atomic E-state index is 11.2. The number of nitriles is 1. The summed E-state index contributed by atoms with van der Waals surface area (Å²) in [4.78, 5) is 11.2. The molecule has 1 aromatic heterocycles. The first-order valence-corrected chi connectivity index (χ1v) is 4.32. The summed E-state index contributed by atoms with van der Waals surface area (Å²) in [7, 11) is 0. The lowest BCUT2D eigenvalue weighted by Gasteiger charge is -1.98. The molecule has 0 radical (unpaired) electrons. The highest BCUT2D eigenvalue weighted by atomic mass is 16.5. The van der Waals surface area contributed by atoms with Crippen LogP contribution in [0.2, 0.25) is 0 Å². The quantitative estimate of drug-likeness (QED) is 0.727. The predicted molar refractivity (Wildman–Crippen MR) is 51.8 cm³/mol. The molecule has 2 aromatic rings. The van der Waals surface area contributed by atoms with Gasteiger partial charge in [0.2, 0.25) is 0 Å². The normalized spacial score (nSPS) is 9.80. The van der Waals surface area contributed by atoms with Gasteiger partial charge in [0.15, 0.2) is 5.82 Å². The zero-order chi connectivity index (χ0) is 10.7. The largest absolute Gasteiger partial charge is 0.442 e. The lowest BCUT2D eigenvalue weighted by atomic mass is 10.2. The molecule has 0 amide bonds. The summed E-state index contributed by atoms with van der Waals surface area (Å²) in [6.45, 7) is -0.0629. The van der Waals surface area contributed by atoms with Gasteiger partial charge in [0.25, 0.3) is 0 Å². The number of benzene rings is 1. The van der Waals surface area contributed by atoms with Crippen LogP contribution in [0.3, 0.4) is 0 Å². The van der Waals surface area contributed by atoms with Crippen molar-refractivity contribution >= 4 is 0 Å². The Labute approximate surface area is 85.2 Å². The van der Waals surface area contributed by atoms with E-state index in [2.05, 4.69) is 9.68 Å². The van der Waals surface area contributed by atoms with Crippen LogP contribution in [-0.4, -0.2) is 9.72 Å². The Kier molecular flexibility index (Phi) is 2.33. The minimum absolute atomic E-state index is 0.0629. The van der Waals surface area contributed by atoms with E-state index < -0.39 is 5.76 Å². The molecule has 0 unspecified atom stereocenters. The second-order valence-corrected chi connectivity index (χ2v) is 2.88. The molecule has 0 aliphatic rings. The van der Waals surface area contributed by atoms with Crippen molar-refractivity contribution in [2.75, 3.05) is 0 Å². The summed E-state index contributed by atoms with van der Waals surface area (Å²) in [6, 6.07) is 11.0. The van der Waals surface area contributed by atoms with Gasteiger partial charge in [-0.3, -0.25) is 4.52 Å². The second-order valence-electron chi connectivity index (χ2n) is 2.88. The zero-order valence-corrected chi connectivity index (χ0v) is 7.75. The van der Waals surface area contributed by atoms with E-state index in [-0.39, 0.29) is 6.54 Å². The van der Waals surface area contributed by atoms with Crippen LogP contribution in [0.1, 0.15) is 0 Å². The molecular formula is C10H7N3O2. The summed E-state index contributed by atoms with van der Waals surface area (Å²) in [5.74, 6) is -0.238. The Balaban J connectivity index is 2.55. The van der Waals surface area contributed by atoms with E-state index in [0.717, 1.165) is 5.56 Å². The molecule has 0 aliphatic carbocycles. The van der Waals surface area contributed by atoms with Crippen molar-refractivity contribution in [2.24, 2.45) is 0 Å². The summed E-state index contributed by atoms with van der Waals surface area (Å²) >= 11 is 0. The monoisotopic (exact) mass is 201 g/mol. The fraction of sp³-hybridized carbons (Fsp3) is 0.100. The van der Waals surface area contributed by atoms with Gasteiger partial charge in [0.05, 0.1) is 6.07 Å². The van der Waals surface area contributed by atoms with Gasteiger partial charge < -0.3 is 0 Å². The number of hydrogen-bond acceptors (Lipinski definition) is 4. The summed E-state index contributed by atoms with van der Waals surface area (Å²) in [5.41, 5.74) is 0.749. The highest BCUT2D eigenvalue weighted by molar-refractivity contribution is 5.54. The van der Waals surface area contributed by atoms with Crippen LogP contribution in [0.25, 0.3) is 11.4 Å². The SMILES string of the molecule is N#CCn1c(-c2ccccc2)noc1=O. The Bertz CT molecular complexity index is 548. The van der Waals surface area contributed by atoms with Crippen molar-refractivity contribution < 1.29 is 4.52 Å². The third-order valence-electron chi connectivity index (χ3n) is 1.95. The van der Waals surface area contributed by atoms with Crippen LogP contribution in [0.5, 0.6) is 0 Å². The van der Waals surface area contributed by atoms with Crippen LogP contribution in [-0.2, 0) is 6.54 Å². The average Bonchev–Trinajstić information content (AvgIpc) is 2.63. The van der Waals surface area contributed by atoms with Crippen molar-refractivity contribution in [3.05, 3.63) is 40.9 Å². The molecule has 0 saturated carbocycles. The van der Waals surface area contributed by atoms with Gasteiger partial charge in [-0.15, -0.1) is 0 Å². The first-order chi connectivity index (χ1) is 7.33. The van der Waals surface area contributed by atoms with E-state index in [1.165, 1.54) is 4.57 Å². The van der Waals surface area contributed by atoms with Gasteiger partial charge in [-0.25, -0.2) is 9.36 Å². The van der Waals surface area contributed by atoms with Gasteiger partial charge in [0.1, 0.15) is 6.54 Å². The number of aromatic nitrogens is 2. The number of hydrogen-bond donors (Lipinski definition) is 0. The third-order valence-corrected chi connectivity index (χ3v) is 1.95. The average molecular weight is 201 g/mol. The molecule has 0 spiro atoms. The number of rotatable bonds is 2. The first kappa shape index (κ1) is 9.21. The van der Waals surface area contributed by atoms with E-state index in [1.54, 1.807) is 12.1 Å².